The maximum Gasteiger partial charge on any atom is 0.279 e. The molecule has 2 aromatic carbocycles. The van der Waals surface area contributed by atoms with E-state index < -0.39 is 34.6 Å². The van der Waals surface area contributed by atoms with E-state index in [1.807, 2.05) is 0 Å². The first-order valence-electron chi connectivity index (χ1n) is 7.60. The fraction of sp³-hybridized carbons (Fsp3) is 0.118. The van der Waals surface area contributed by atoms with Crippen LogP contribution in [0.1, 0.15) is 5.56 Å². The van der Waals surface area contributed by atoms with Gasteiger partial charge in [0.2, 0.25) is 12.0 Å². The standard InChI is InChI=1S/C17H10FN3O5/c18-11-3-1-2-4-12(11)20-16(22)13-14(19-26-15(13)17(20)23)9-5-7-10(8-6-9)21(24)25/h1-8,13,15H/t13-,15+/m1/s1. The van der Waals surface area contributed by atoms with Gasteiger partial charge in [-0.05, 0) is 24.3 Å². The van der Waals surface area contributed by atoms with Gasteiger partial charge in [0.15, 0.2) is 0 Å². The van der Waals surface area contributed by atoms with Crippen molar-refractivity contribution in [1.82, 2.24) is 0 Å². The molecule has 0 radical (unpaired) electrons. The SMILES string of the molecule is O=C1[C@@H]2C(c3ccc([N+](=O)[O-])cc3)=NO[C@@H]2C(=O)N1c1ccccc1F. The van der Waals surface area contributed by atoms with Crippen molar-refractivity contribution in [3.05, 3.63) is 70.0 Å². The Morgan fingerprint density at radius 2 is 1.77 bits per heavy atom. The number of hydrogen-bond acceptors (Lipinski definition) is 6. The lowest BCUT2D eigenvalue weighted by molar-refractivity contribution is -0.384. The van der Waals surface area contributed by atoms with Gasteiger partial charge in [-0.25, -0.2) is 9.29 Å². The molecule has 2 aliphatic heterocycles. The number of halogens is 1. The second-order valence-corrected chi connectivity index (χ2v) is 5.75. The van der Waals surface area contributed by atoms with Gasteiger partial charge >= 0.3 is 0 Å². The van der Waals surface area contributed by atoms with E-state index >= 15 is 0 Å². The van der Waals surface area contributed by atoms with Crippen molar-refractivity contribution in [3.63, 3.8) is 0 Å². The summed E-state index contributed by atoms with van der Waals surface area (Å²) < 4.78 is 14.0. The van der Waals surface area contributed by atoms with E-state index in [-0.39, 0.29) is 17.1 Å². The highest BCUT2D eigenvalue weighted by Gasteiger charge is 2.56. The molecule has 9 heteroatoms. The van der Waals surface area contributed by atoms with Crippen LogP contribution in [0.5, 0.6) is 0 Å². The molecule has 0 bridgehead atoms. The minimum Gasteiger partial charge on any atom is -0.381 e. The monoisotopic (exact) mass is 355 g/mol. The number of nitrogens with zero attached hydrogens (tertiary/aromatic N) is 3. The number of non-ortho nitro benzene ring substituents is 1. The molecular formula is C17H10FN3O5. The molecule has 2 atom stereocenters. The number of amides is 2. The van der Waals surface area contributed by atoms with Crippen molar-refractivity contribution in [1.29, 1.82) is 0 Å². The molecule has 0 aromatic heterocycles. The molecular weight excluding hydrogens is 345 g/mol. The van der Waals surface area contributed by atoms with Gasteiger partial charge in [0, 0.05) is 17.7 Å². The van der Waals surface area contributed by atoms with E-state index in [1.165, 1.54) is 42.5 Å². The first-order valence-corrected chi connectivity index (χ1v) is 7.60. The highest BCUT2D eigenvalue weighted by Crippen LogP contribution is 2.36. The number of nitro groups is 1. The first-order chi connectivity index (χ1) is 12.5. The zero-order chi connectivity index (χ0) is 18.4. The molecule has 2 aromatic rings. The van der Waals surface area contributed by atoms with Gasteiger partial charge in [-0.15, -0.1) is 0 Å². The van der Waals surface area contributed by atoms with Crippen LogP contribution in [0.2, 0.25) is 0 Å². The quantitative estimate of drug-likeness (QED) is 0.476. The Labute approximate surface area is 145 Å². The van der Waals surface area contributed by atoms with Gasteiger partial charge in [-0.2, -0.15) is 0 Å². The predicted molar refractivity (Wildman–Crippen MR) is 86.9 cm³/mol. The van der Waals surface area contributed by atoms with Crippen LogP contribution in [0.3, 0.4) is 0 Å². The molecule has 0 aliphatic carbocycles. The Hall–Kier alpha value is -3.62. The fourth-order valence-corrected chi connectivity index (χ4v) is 3.04. The number of oxime groups is 1. The Morgan fingerprint density at radius 1 is 1.08 bits per heavy atom. The summed E-state index contributed by atoms with van der Waals surface area (Å²) in [6.45, 7) is 0. The van der Waals surface area contributed by atoms with Crippen LogP contribution in [0, 0.1) is 21.8 Å². The summed E-state index contributed by atoms with van der Waals surface area (Å²) in [5.74, 6) is -3.09. The summed E-state index contributed by atoms with van der Waals surface area (Å²) in [5.41, 5.74) is 0.330. The van der Waals surface area contributed by atoms with Crippen LogP contribution in [0.25, 0.3) is 0 Å². The molecule has 2 heterocycles. The average molecular weight is 355 g/mol. The molecule has 0 saturated carbocycles. The maximum atomic E-state index is 14.0. The van der Waals surface area contributed by atoms with E-state index in [2.05, 4.69) is 5.16 Å². The molecule has 0 spiro atoms. The lowest BCUT2D eigenvalue weighted by Crippen LogP contribution is -2.33. The number of carbonyl (C=O) groups is 2. The van der Waals surface area contributed by atoms with Crippen LogP contribution < -0.4 is 4.90 Å². The highest BCUT2D eigenvalue weighted by atomic mass is 19.1. The molecule has 1 fully saturated rings. The van der Waals surface area contributed by atoms with E-state index in [0.717, 1.165) is 11.0 Å². The second-order valence-electron chi connectivity index (χ2n) is 5.75. The summed E-state index contributed by atoms with van der Waals surface area (Å²) in [6, 6.07) is 10.8. The van der Waals surface area contributed by atoms with E-state index in [4.69, 9.17) is 4.84 Å². The Kier molecular flexibility index (Phi) is 3.50. The minimum absolute atomic E-state index is 0.119. The van der Waals surface area contributed by atoms with Crippen LogP contribution in [0.15, 0.2) is 53.7 Å². The molecule has 4 rings (SSSR count). The van der Waals surface area contributed by atoms with Crippen molar-refractivity contribution >= 4 is 28.9 Å². The van der Waals surface area contributed by atoms with Crippen molar-refractivity contribution in [3.8, 4) is 0 Å². The lowest BCUT2D eigenvalue weighted by atomic mass is 9.94. The van der Waals surface area contributed by atoms with Gasteiger partial charge in [0.05, 0.1) is 10.6 Å². The van der Waals surface area contributed by atoms with Gasteiger partial charge in [0.25, 0.3) is 11.6 Å². The van der Waals surface area contributed by atoms with Crippen LogP contribution in [-0.2, 0) is 14.4 Å². The third-order valence-electron chi connectivity index (χ3n) is 4.28. The van der Waals surface area contributed by atoms with Crippen LogP contribution in [0.4, 0.5) is 15.8 Å². The van der Waals surface area contributed by atoms with Gasteiger partial charge in [-0.3, -0.25) is 19.7 Å². The minimum atomic E-state index is -1.17. The molecule has 26 heavy (non-hydrogen) atoms. The molecule has 130 valence electrons. The van der Waals surface area contributed by atoms with Gasteiger partial charge in [0.1, 0.15) is 17.4 Å². The molecule has 0 N–H and O–H groups in total. The van der Waals surface area contributed by atoms with Gasteiger partial charge in [-0.1, -0.05) is 17.3 Å². The summed E-state index contributed by atoms with van der Waals surface area (Å²) in [5, 5.41) is 14.6. The van der Waals surface area contributed by atoms with E-state index in [9.17, 15) is 24.1 Å². The number of anilines is 1. The van der Waals surface area contributed by atoms with E-state index in [1.54, 1.807) is 0 Å². The fourth-order valence-electron chi connectivity index (χ4n) is 3.04. The number of rotatable bonds is 3. The van der Waals surface area contributed by atoms with Crippen LogP contribution >= 0.6 is 0 Å². The number of nitro benzene ring substituents is 1. The average Bonchev–Trinajstić information content (AvgIpc) is 3.17. The Bertz CT molecular complexity index is 973. The molecule has 8 nitrogen and oxygen atoms in total. The summed E-state index contributed by atoms with van der Waals surface area (Å²) in [4.78, 5) is 41.4. The smallest absolute Gasteiger partial charge is 0.279 e. The Balaban J connectivity index is 1.69. The number of para-hydroxylation sites is 1. The zero-order valence-electron chi connectivity index (χ0n) is 13.0. The van der Waals surface area contributed by atoms with Crippen molar-refractivity contribution in [2.45, 2.75) is 6.10 Å². The third-order valence-corrected chi connectivity index (χ3v) is 4.28. The topological polar surface area (TPSA) is 102 Å². The van der Waals surface area contributed by atoms with Crippen molar-refractivity contribution in [2.24, 2.45) is 11.1 Å². The molecule has 0 unspecified atom stereocenters. The summed E-state index contributed by atoms with van der Waals surface area (Å²) in [7, 11) is 0. The Morgan fingerprint density at radius 3 is 2.42 bits per heavy atom. The molecule has 2 aliphatic rings. The van der Waals surface area contributed by atoms with Crippen molar-refractivity contribution in [2.75, 3.05) is 4.90 Å². The third kappa shape index (κ3) is 2.25. The molecule has 1 saturated heterocycles. The molecule has 2 amide bonds. The normalized spacial score (nSPS) is 21.4. The second kappa shape index (κ2) is 5.73. The number of hydrogen-bond donors (Lipinski definition) is 0. The van der Waals surface area contributed by atoms with E-state index in [0.29, 0.717) is 5.56 Å². The highest BCUT2D eigenvalue weighted by molar-refractivity contribution is 6.32. The number of imide groups is 1. The summed E-state index contributed by atoms with van der Waals surface area (Å²) in [6.07, 6.45) is -1.17. The maximum absolute atomic E-state index is 14.0. The summed E-state index contributed by atoms with van der Waals surface area (Å²) >= 11 is 0. The van der Waals surface area contributed by atoms with Crippen LogP contribution in [-0.4, -0.2) is 28.6 Å². The number of benzene rings is 2. The zero-order valence-corrected chi connectivity index (χ0v) is 13.0. The first kappa shape index (κ1) is 15.9. The number of fused-ring (bicyclic) bond motifs is 1. The van der Waals surface area contributed by atoms with Crippen molar-refractivity contribution < 1.29 is 23.7 Å². The number of carbonyl (C=O) groups excluding carboxylic acids is 2. The van der Waals surface area contributed by atoms with Gasteiger partial charge < -0.3 is 4.84 Å². The predicted octanol–water partition coefficient (Wildman–Crippen LogP) is 2.03. The largest absolute Gasteiger partial charge is 0.381 e. The lowest BCUT2D eigenvalue weighted by Gasteiger charge is -2.15.